The van der Waals surface area contributed by atoms with Crippen LogP contribution in [-0.4, -0.2) is 53.8 Å². The molecule has 0 aliphatic heterocycles. The minimum atomic E-state index is -0.753. The van der Waals surface area contributed by atoms with Gasteiger partial charge in [-0.1, -0.05) is 24.3 Å². The van der Waals surface area contributed by atoms with Crippen molar-refractivity contribution in [3.8, 4) is 28.3 Å². The van der Waals surface area contributed by atoms with Gasteiger partial charge in [0, 0.05) is 48.9 Å². The van der Waals surface area contributed by atoms with Crippen LogP contribution in [0.3, 0.4) is 0 Å². The highest BCUT2D eigenvalue weighted by Crippen LogP contribution is 2.37. The molecule has 2 aromatic carbocycles. The number of thioether (sulfide) groups is 1. The van der Waals surface area contributed by atoms with Crippen molar-refractivity contribution in [2.24, 2.45) is 7.05 Å². The van der Waals surface area contributed by atoms with Crippen molar-refractivity contribution < 1.29 is 14.9 Å². The molecule has 0 saturated heterocycles. The monoisotopic (exact) mass is 544 g/mol. The number of hydrogen-bond acceptors (Lipinski definition) is 8. The highest BCUT2D eigenvalue weighted by atomic mass is 32.2. The van der Waals surface area contributed by atoms with Crippen LogP contribution in [0, 0.1) is 6.92 Å². The number of aliphatic hydroxyl groups is 2. The molecule has 0 aliphatic carbocycles. The van der Waals surface area contributed by atoms with Gasteiger partial charge in [-0.25, -0.2) is 9.97 Å². The Morgan fingerprint density at radius 2 is 1.97 bits per heavy atom. The molecule has 5 rings (SSSR count). The summed E-state index contributed by atoms with van der Waals surface area (Å²) in [7, 11) is 3.62. The number of imidazole rings is 1. The Morgan fingerprint density at radius 1 is 1.13 bits per heavy atom. The predicted molar refractivity (Wildman–Crippen MR) is 154 cm³/mol. The number of fused-ring (bicyclic) bond motifs is 1. The van der Waals surface area contributed by atoms with E-state index in [0.717, 1.165) is 50.2 Å². The molecule has 39 heavy (non-hydrogen) atoms. The van der Waals surface area contributed by atoms with Crippen LogP contribution in [0.15, 0.2) is 65.8 Å². The maximum atomic E-state index is 10.5. The first-order valence-electron chi connectivity index (χ1n) is 12.7. The summed E-state index contributed by atoms with van der Waals surface area (Å²) in [5.74, 6) is 2.95. The molecule has 0 spiro atoms. The fourth-order valence-corrected chi connectivity index (χ4v) is 5.39. The van der Waals surface area contributed by atoms with Crippen molar-refractivity contribution in [3.05, 3.63) is 77.9 Å². The van der Waals surface area contributed by atoms with Crippen molar-refractivity contribution in [1.29, 1.82) is 0 Å². The molecule has 9 nitrogen and oxygen atoms in total. The normalized spacial score (nSPS) is 12.2. The van der Waals surface area contributed by atoms with Crippen LogP contribution in [-0.2, 0) is 13.6 Å². The average molecular weight is 545 g/mol. The number of ether oxygens (including phenoxy) is 1. The maximum Gasteiger partial charge on any atom is 0.165 e. The minimum Gasteiger partial charge on any atom is -0.496 e. The summed E-state index contributed by atoms with van der Waals surface area (Å²) in [6.07, 6.45) is 2.97. The van der Waals surface area contributed by atoms with E-state index in [4.69, 9.17) is 14.8 Å². The molecule has 1 unspecified atom stereocenters. The van der Waals surface area contributed by atoms with E-state index < -0.39 is 6.10 Å². The highest BCUT2D eigenvalue weighted by Gasteiger charge is 2.19. The smallest absolute Gasteiger partial charge is 0.165 e. The van der Waals surface area contributed by atoms with Crippen LogP contribution >= 0.6 is 11.8 Å². The van der Waals surface area contributed by atoms with E-state index in [2.05, 4.69) is 22.4 Å². The fraction of sp³-hybridized carbons (Fsp3) is 0.276. The van der Waals surface area contributed by atoms with Crippen LogP contribution < -0.4 is 10.1 Å². The van der Waals surface area contributed by atoms with Crippen molar-refractivity contribution >= 4 is 23.2 Å². The summed E-state index contributed by atoms with van der Waals surface area (Å²) in [6, 6.07) is 16.0. The van der Waals surface area contributed by atoms with Gasteiger partial charge in [-0.3, -0.25) is 0 Å². The van der Waals surface area contributed by atoms with Gasteiger partial charge >= 0.3 is 0 Å². The van der Waals surface area contributed by atoms with Crippen LogP contribution in [0.25, 0.3) is 28.2 Å². The number of aryl methyl sites for hydroxylation is 2. The molecule has 0 bridgehead atoms. The SMILES string of the molecule is COc1ccc(-c2c(C)nn3c(NCc4cccc(-c5nccn5C)c4)cc(C(C)O)nc23)cc1SCCO. The number of benzene rings is 2. The van der Waals surface area contributed by atoms with Crippen molar-refractivity contribution in [2.45, 2.75) is 31.4 Å². The highest BCUT2D eigenvalue weighted by molar-refractivity contribution is 7.99. The third-order valence-corrected chi connectivity index (χ3v) is 7.51. The van der Waals surface area contributed by atoms with Crippen molar-refractivity contribution in [3.63, 3.8) is 0 Å². The summed E-state index contributed by atoms with van der Waals surface area (Å²) < 4.78 is 9.32. The number of anilines is 1. The molecular weight excluding hydrogens is 512 g/mol. The van der Waals surface area contributed by atoms with Crippen LogP contribution in [0.4, 0.5) is 5.82 Å². The first-order chi connectivity index (χ1) is 18.9. The summed E-state index contributed by atoms with van der Waals surface area (Å²) in [5.41, 5.74) is 5.96. The molecule has 3 N–H and O–H groups in total. The third-order valence-electron chi connectivity index (χ3n) is 6.49. The molecule has 0 saturated carbocycles. The maximum absolute atomic E-state index is 10.5. The Bertz CT molecular complexity index is 1610. The number of nitrogens with zero attached hydrogens (tertiary/aromatic N) is 5. The number of aromatic nitrogens is 5. The van der Waals surface area contributed by atoms with E-state index in [0.29, 0.717) is 23.6 Å². The fourth-order valence-electron chi connectivity index (χ4n) is 4.58. The number of nitrogens with one attached hydrogen (secondary N) is 1. The van der Waals surface area contributed by atoms with Gasteiger partial charge < -0.3 is 24.8 Å². The minimum absolute atomic E-state index is 0.0761. The Hall–Kier alpha value is -3.86. The second-order valence-corrected chi connectivity index (χ2v) is 10.4. The molecule has 0 fully saturated rings. The van der Waals surface area contributed by atoms with Gasteiger partial charge in [-0.2, -0.15) is 9.61 Å². The van der Waals surface area contributed by atoms with Gasteiger partial charge in [0.1, 0.15) is 17.4 Å². The van der Waals surface area contributed by atoms with E-state index in [9.17, 15) is 10.2 Å². The largest absolute Gasteiger partial charge is 0.496 e. The predicted octanol–water partition coefficient (Wildman–Crippen LogP) is 4.86. The van der Waals surface area contributed by atoms with Gasteiger partial charge in [-0.15, -0.1) is 11.8 Å². The Kier molecular flexibility index (Phi) is 7.87. The molecule has 0 aliphatic rings. The topological polar surface area (TPSA) is 110 Å². The van der Waals surface area contributed by atoms with E-state index in [1.807, 2.05) is 61.1 Å². The lowest BCUT2D eigenvalue weighted by Crippen LogP contribution is -2.09. The van der Waals surface area contributed by atoms with E-state index in [1.54, 1.807) is 24.7 Å². The molecule has 0 amide bonds. The molecule has 10 heteroatoms. The zero-order chi connectivity index (χ0) is 27.5. The van der Waals surface area contributed by atoms with Gasteiger partial charge in [0.2, 0.25) is 0 Å². The second kappa shape index (κ2) is 11.5. The molecule has 202 valence electrons. The number of hydrogen-bond donors (Lipinski definition) is 3. The first-order valence-corrected chi connectivity index (χ1v) is 13.7. The Balaban J connectivity index is 1.53. The first kappa shape index (κ1) is 26.7. The Morgan fingerprint density at radius 3 is 2.69 bits per heavy atom. The number of methoxy groups -OCH3 is 1. The number of rotatable bonds is 10. The molecule has 3 heterocycles. The Labute approximate surface area is 231 Å². The molecular formula is C29H32N6O3S. The van der Waals surface area contributed by atoms with Crippen LogP contribution in [0.1, 0.15) is 30.0 Å². The van der Waals surface area contributed by atoms with Crippen molar-refractivity contribution in [1.82, 2.24) is 24.1 Å². The zero-order valence-electron chi connectivity index (χ0n) is 22.4. The summed E-state index contributed by atoms with van der Waals surface area (Å²) in [4.78, 5) is 10.2. The van der Waals surface area contributed by atoms with Gasteiger partial charge in [0.25, 0.3) is 0 Å². The third kappa shape index (κ3) is 5.49. The summed E-state index contributed by atoms with van der Waals surface area (Å²) in [5, 5.41) is 28.1. The lowest BCUT2D eigenvalue weighted by Gasteiger charge is -2.13. The van der Waals surface area contributed by atoms with Gasteiger partial charge in [-0.05, 0) is 43.2 Å². The van der Waals surface area contributed by atoms with E-state index >= 15 is 0 Å². The second-order valence-electron chi connectivity index (χ2n) is 9.29. The molecule has 1 atom stereocenters. The average Bonchev–Trinajstić information content (AvgIpc) is 3.52. The lowest BCUT2D eigenvalue weighted by molar-refractivity contribution is 0.194. The summed E-state index contributed by atoms with van der Waals surface area (Å²) in [6.45, 7) is 4.29. The molecule has 3 aromatic heterocycles. The summed E-state index contributed by atoms with van der Waals surface area (Å²) >= 11 is 1.53. The molecule has 5 aromatic rings. The number of aliphatic hydroxyl groups excluding tert-OH is 2. The standard InChI is InChI=1S/C29H32N6O3S/c1-18-27(21-8-9-24(38-4)25(15-21)39-13-12-36)29-32-23(19(2)37)16-26(35(29)33-18)31-17-20-6-5-7-22(14-20)28-30-10-11-34(28)3/h5-11,14-16,19,31,36-37H,12-13,17H2,1-4H3. The molecule has 0 radical (unpaired) electrons. The van der Waals surface area contributed by atoms with Gasteiger partial charge in [0.15, 0.2) is 5.65 Å². The van der Waals surface area contributed by atoms with Gasteiger partial charge in [0.05, 0.1) is 36.1 Å². The van der Waals surface area contributed by atoms with Crippen LogP contribution in [0.2, 0.25) is 0 Å². The van der Waals surface area contributed by atoms with E-state index in [-0.39, 0.29) is 6.61 Å². The van der Waals surface area contributed by atoms with E-state index in [1.165, 1.54) is 11.8 Å². The quantitative estimate of drug-likeness (QED) is 0.214. The lowest BCUT2D eigenvalue weighted by atomic mass is 10.1. The van der Waals surface area contributed by atoms with Crippen LogP contribution in [0.5, 0.6) is 5.75 Å². The zero-order valence-corrected chi connectivity index (χ0v) is 23.2. The van der Waals surface area contributed by atoms with Crippen molar-refractivity contribution in [2.75, 3.05) is 24.8 Å².